The smallest absolute Gasteiger partial charge is 0.412 e. The van der Waals surface area contributed by atoms with Crippen LogP contribution in [0.15, 0.2) is 24.5 Å². The van der Waals surface area contributed by atoms with Gasteiger partial charge in [-0.15, -0.1) is 0 Å². The van der Waals surface area contributed by atoms with Gasteiger partial charge in [0.05, 0.1) is 30.6 Å². The van der Waals surface area contributed by atoms with Crippen LogP contribution in [0, 0.1) is 0 Å². The zero-order valence-electron chi connectivity index (χ0n) is 19.3. The van der Waals surface area contributed by atoms with Gasteiger partial charge in [-0.05, 0) is 25.7 Å². The summed E-state index contributed by atoms with van der Waals surface area (Å²) in [4.78, 5) is 41.3. The van der Waals surface area contributed by atoms with E-state index in [1.165, 1.54) is 19.5 Å². The van der Waals surface area contributed by atoms with Gasteiger partial charge in [0.2, 0.25) is 0 Å². The van der Waals surface area contributed by atoms with Crippen molar-refractivity contribution in [3.05, 3.63) is 35.7 Å². The van der Waals surface area contributed by atoms with E-state index in [1.807, 2.05) is 0 Å². The van der Waals surface area contributed by atoms with Crippen LogP contribution in [-0.4, -0.2) is 67.1 Å². The summed E-state index contributed by atoms with van der Waals surface area (Å²) in [6.45, 7) is 0. The lowest BCUT2D eigenvalue weighted by Gasteiger charge is -2.10. The molecule has 2 aliphatic rings. The lowest BCUT2D eigenvalue weighted by molar-refractivity contribution is 0.111. The maximum Gasteiger partial charge on any atom is 0.412 e. The summed E-state index contributed by atoms with van der Waals surface area (Å²) in [5, 5.41) is 17.3. The summed E-state index contributed by atoms with van der Waals surface area (Å²) in [6.07, 6.45) is 8.22. The highest BCUT2D eigenvalue weighted by molar-refractivity contribution is 5.88. The first-order valence-corrected chi connectivity index (χ1v) is 11.3. The fourth-order valence-electron chi connectivity index (χ4n) is 3.44. The van der Waals surface area contributed by atoms with Crippen molar-refractivity contribution < 1.29 is 19.1 Å². The minimum Gasteiger partial charge on any atom is -0.453 e. The van der Waals surface area contributed by atoms with Crippen LogP contribution in [-0.2, 0) is 4.74 Å². The average molecular weight is 493 g/mol. The summed E-state index contributed by atoms with van der Waals surface area (Å²) in [6, 6.07) is 4.28. The largest absolute Gasteiger partial charge is 0.453 e. The fourth-order valence-corrected chi connectivity index (χ4v) is 3.44. The molecule has 14 heteroatoms. The SMILES string of the molecule is COC(=O)Nc1cc(NC2CC2)n2ncc(C=O)c2n1.Nc1cc(NC2CC2)n2ncc(C=O)c2n1. The van der Waals surface area contributed by atoms with Crippen molar-refractivity contribution in [1.29, 1.82) is 0 Å². The normalized spacial score (nSPS) is 14.6. The minimum absolute atomic E-state index is 0.302. The number of aromatic nitrogens is 6. The van der Waals surface area contributed by atoms with Crippen molar-refractivity contribution >= 4 is 53.2 Å². The minimum atomic E-state index is -0.619. The van der Waals surface area contributed by atoms with Crippen LogP contribution in [0.4, 0.5) is 28.1 Å². The molecule has 186 valence electrons. The lowest BCUT2D eigenvalue weighted by atomic mass is 10.3. The fraction of sp³-hybridized carbons (Fsp3) is 0.318. The van der Waals surface area contributed by atoms with Crippen LogP contribution >= 0.6 is 0 Å². The van der Waals surface area contributed by atoms with Gasteiger partial charge in [-0.25, -0.2) is 14.8 Å². The number of fused-ring (bicyclic) bond motifs is 2. The van der Waals surface area contributed by atoms with Gasteiger partial charge < -0.3 is 21.1 Å². The second-order valence-corrected chi connectivity index (χ2v) is 8.45. The number of amides is 1. The number of nitrogens with zero attached hydrogens (tertiary/aromatic N) is 6. The highest BCUT2D eigenvalue weighted by Crippen LogP contribution is 2.27. The second-order valence-electron chi connectivity index (χ2n) is 8.45. The van der Waals surface area contributed by atoms with E-state index in [0.717, 1.165) is 37.8 Å². The molecule has 2 saturated carbocycles. The van der Waals surface area contributed by atoms with Gasteiger partial charge in [0, 0.05) is 24.2 Å². The van der Waals surface area contributed by atoms with E-state index in [9.17, 15) is 14.4 Å². The molecule has 2 fully saturated rings. The van der Waals surface area contributed by atoms with Gasteiger partial charge in [-0.3, -0.25) is 14.9 Å². The zero-order chi connectivity index (χ0) is 25.2. The van der Waals surface area contributed by atoms with Crippen LogP contribution in [0.3, 0.4) is 0 Å². The van der Waals surface area contributed by atoms with Crippen LogP contribution in [0.2, 0.25) is 0 Å². The number of carbonyl (C=O) groups is 3. The van der Waals surface area contributed by atoms with Crippen molar-refractivity contribution in [3.63, 3.8) is 0 Å². The Labute approximate surface area is 204 Å². The Morgan fingerprint density at radius 3 is 1.97 bits per heavy atom. The van der Waals surface area contributed by atoms with Gasteiger partial charge in [0.25, 0.3) is 0 Å². The number of ether oxygens (including phenoxy) is 1. The molecule has 1 amide bonds. The Morgan fingerprint density at radius 2 is 1.47 bits per heavy atom. The molecule has 6 rings (SSSR count). The number of aldehydes is 2. The third-order valence-electron chi connectivity index (χ3n) is 5.55. The second kappa shape index (κ2) is 9.48. The Hall–Kier alpha value is -4.75. The molecule has 4 aromatic rings. The predicted molar refractivity (Wildman–Crippen MR) is 130 cm³/mol. The number of carbonyl (C=O) groups excluding carboxylic acids is 3. The maximum absolute atomic E-state index is 11.3. The molecule has 0 aliphatic heterocycles. The molecule has 5 N–H and O–H groups in total. The van der Waals surface area contributed by atoms with E-state index < -0.39 is 6.09 Å². The quantitative estimate of drug-likeness (QED) is 0.277. The van der Waals surface area contributed by atoms with E-state index >= 15 is 0 Å². The third kappa shape index (κ3) is 4.87. The Balaban J connectivity index is 0.000000152. The number of anilines is 4. The zero-order valence-corrected chi connectivity index (χ0v) is 19.3. The first-order chi connectivity index (χ1) is 17.5. The molecule has 0 radical (unpaired) electrons. The molecule has 0 aromatic carbocycles. The lowest BCUT2D eigenvalue weighted by Crippen LogP contribution is -2.14. The third-order valence-corrected chi connectivity index (χ3v) is 5.55. The Morgan fingerprint density at radius 1 is 0.944 bits per heavy atom. The Kier molecular flexibility index (Phi) is 6.06. The van der Waals surface area contributed by atoms with Gasteiger partial charge >= 0.3 is 6.09 Å². The van der Waals surface area contributed by atoms with Gasteiger partial charge in [-0.2, -0.15) is 19.2 Å². The van der Waals surface area contributed by atoms with E-state index in [0.29, 0.717) is 58.2 Å². The molecule has 0 atom stereocenters. The molecule has 14 nitrogen and oxygen atoms in total. The summed E-state index contributed by atoms with van der Waals surface area (Å²) >= 11 is 0. The standard InChI is InChI=1S/C12H13N5O3.C10H11N5O/c1-20-12(19)16-9-4-10(14-8-2-3-8)17-11(15-9)7(6-18)5-13-17;11-8-3-9(13-7-1-2-7)15-10(14-8)6(5-16)4-12-15/h4-6,8,14H,2-3H2,1H3,(H,15,16,19);3-5,7,13H,1-2H2,(H2,11,14). The maximum atomic E-state index is 11.3. The van der Waals surface area contributed by atoms with Crippen molar-refractivity contribution in [2.75, 3.05) is 28.8 Å². The van der Waals surface area contributed by atoms with Crippen molar-refractivity contribution in [2.24, 2.45) is 0 Å². The Bertz CT molecular complexity index is 1450. The molecular formula is C22H24N10O4. The number of methoxy groups -OCH3 is 1. The van der Waals surface area contributed by atoms with Crippen molar-refractivity contribution in [3.8, 4) is 0 Å². The molecular weight excluding hydrogens is 468 g/mol. The number of nitrogens with two attached hydrogens (primary N) is 1. The van der Waals surface area contributed by atoms with Crippen molar-refractivity contribution in [2.45, 2.75) is 37.8 Å². The molecule has 4 heterocycles. The number of nitrogens with one attached hydrogen (secondary N) is 3. The molecule has 0 bridgehead atoms. The van der Waals surface area contributed by atoms with Gasteiger partial charge in [0.15, 0.2) is 23.9 Å². The highest BCUT2D eigenvalue weighted by Gasteiger charge is 2.24. The summed E-state index contributed by atoms with van der Waals surface area (Å²) < 4.78 is 7.69. The van der Waals surface area contributed by atoms with Gasteiger partial charge in [0.1, 0.15) is 23.3 Å². The van der Waals surface area contributed by atoms with Crippen LogP contribution < -0.4 is 21.7 Å². The number of nitrogen functional groups attached to an aromatic ring is 1. The monoisotopic (exact) mass is 492 g/mol. The first-order valence-electron chi connectivity index (χ1n) is 11.3. The summed E-state index contributed by atoms with van der Waals surface area (Å²) in [7, 11) is 1.27. The van der Waals surface area contributed by atoms with E-state index in [2.05, 4.69) is 40.9 Å². The summed E-state index contributed by atoms with van der Waals surface area (Å²) in [5.74, 6) is 2.16. The first kappa shape index (κ1) is 23.0. The highest BCUT2D eigenvalue weighted by atomic mass is 16.5. The van der Waals surface area contributed by atoms with Crippen LogP contribution in [0.25, 0.3) is 11.3 Å². The predicted octanol–water partition coefficient (Wildman–Crippen LogP) is 1.99. The molecule has 0 unspecified atom stereocenters. The number of hydrogen-bond donors (Lipinski definition) is 4. The number of rotatable bonds is 7. The van der Waals surface area contributed by atoms with E-state index in [-0.39, 0.29) is 0 Å². The van der Waals surface area contributed by atoms with Crippen molar-refractivity contribution in [1.82, 2.24) is 29.2 Å². The molecule has 36 heavy (non-hydrogen) atoms. The average Bonchev–Trinajstić information content (AvgIpc) is 3.78. The van der Waals surface area contributed by atoms with Crippen LogP contribution in [0.5, 0.6) is 0 Å². The molecule has 0 saturated heterocycles. The van der Waals surface area contributed by atoms with E-state index in [1.54, 1.807) is 21.2 Å². The molecule has 0 spiro atoms. The van der Waals surface area contributed by atoms with E-state index in [4.69, 9.17) is 5.73 Å². The number of hydrogen-bond acceptors (Lipinski definition) is 11. The molecule has 4 aromatic heterocycles. The van der Waals surface area contributed by atoms with Gasteiger partial charge in [-0.1, -0.05) is 0 Å². The topological polar surface area (TPSA) is 183 Å². The van der Waals surface area contributed by atoms with Crippen LogP contribution in [0.1, 0.15) is 46.4 Å². The molecule has 2 aliphatic carbocycles. The summed E-state index contributed by atoms with van der Waals surface area (Å²) in [5.41, 5.74) is 7.39.